The second kappa shape index (κ2) is 6.22. The fraction of sp³-hybridized carbons (Fsp3) is 0.105. The first kappa shape index (κ1) is 14.5. The standard InChI is InChI=1S/C19H15NOS2/c21-16-8-3-1-6-13(16)15-12-19(18-10-5-11-22-18)23-17-9-4-2-7-14(17)20-15/h1-11,19,21H,12H2. The average molecular weight is 337 g/mol. The minimum Gasteiger partial charge on any atom is -0.507 e. The molecule has 0 amide bonds. The number of phenolic OH excluding ortho intramolecular Hbond substituents is 1. The van der Waals surface area contributed by atoms with Gasteiger partial charge in [0.2, 0.25) is 0 Å². The molecule has 4 rings (SSSR count). The molecule has 1 aromatic heterocycles. The van der Waals surface area contributed by atoms with E-state index in [0.29, 0.717) is 11.0 Å². The second-order valence-electron chi connectivity index (χ2n) is 5.37. The summed E-state index contributed by atoms with van der Waals surface area (Å²) in [5.41, 5.74) is 2.75. The summed E-state index contributed by atoms with van der Waals surface area (Å²) in [5.74, 6) is 0.292. The van der Waals surface area contributed by atoms with E-state index in [1.807, 2.05) is 42.1 Å². The summed E-state index contributed by atoms with van der Waals surface area (Å²) in [6.07, 6.45) is 0.803. The highest BCUT2D eigenvalue weighted by atomic mass is 32.2. The number of thiophene rings is 1. The molecule has 3 aromatic rings. The molecule has 23 heavy (non-hydrogen) atoms. The normalized spacial score (nSPS) is 17.2. The Morgan fingerprint density at radius 1 is 0.957 bits per heavy atom. The zero-order valence-electron chi connectivity index (χ0n) is 12.3. The van der Waals surface area contributed by atoms with Gasteiger partial charge in [-0.2, -0.15) is 0 Å². The quantitative estimate of drug-likeness (QED) is 0.640. The van der Waals surface area contributed by atoms with Gasteiger partial charge in [0.25, 0.3) is 0 Å². The maximum absolute atomic E-state index is 10.2. The number of phenols is 1. The van der Waals surface area contributed by atoms with E-state index >= 15 is 0 Å². The Balaban J connectivity index is 1.84. The maximum atomic E-state index is 10.2. The lowest BCUT2D eigenvalue weighted by Crippen LogP contribution is -2.04. The third-order valence-corrected chi connectivity index (χ3v) is 6.28. The molecule has 0 aliphatic carbocycles. The summed E-state index contributed by atoms with van der Waals surface area (Å²) in [6, 6.07) is 20.0. The van der Waals surface area contributed by atoms with Gasteiger partial charge in [0.15, 0.2) is 0 Å². The number of para-hydroxylation sites is 2. The molecular formula is C19H15NOS2. The average Bonchev–Trinajstić information content (AvgIpc) is 3.03. The van der Waals surface area contributed by atoms with Crippen LogP contribution in [-0.2, 0) is 0 Å². The Bertz CT molecular complexity index is 855. The van der Waals surface area contributed by atoms with Crippen LogP contribution in [0.4, 0.5) is 5.69 Å². The molecule has 0 radical (unpaired) electrons. The van der Waals surface area contributed by atoms with E-state index in [-0.39, 0.29) is 0 Å². The molecule has 0 bridgehead atoms. The van der Waals surface area contributed by atoms with Gasteiger partial charge in [-0.15, -0.1) is 23.1 Å². The molecule has 2 aromatic carbocycles. The van der Waals surface area contributed by atoms with Crippen LogP contribution in [0.2, 0.25) is 0 Å². The van der Waals surface area contributed by atoms with Crippen LogP contribution in [0.3, 0.4) is 0 Å². The van der Waals surface area contributed by atoms with Crippen molar-refractivity contribution in [3.05, 3.63) is 76.5 Å². The van der Waals surface area contributed by atoms with E-state index < -0.39 is 0 Å². The highest BCUT2D eigenvalue weighted by molar-refractivity contribution is 7.99. The van der Waals surface area contributed by atoms with Gasteiger partial charge < -0.3 is 5.11 Å². The van der Waals surface area contributed by atoms with Crippen LogP contribution in [0, 0.1) is 0 Å². The van der Waals surface area contributed by atoms with Gasteiger partial charge in [0.1, 0.15) is 5.75 Å². The molecule has 1 unspecified atom stereocenters. The van der Waals surface area contributed by atoms with Crippen molar-refractivity contribution in [1.29, 1.82) is 0 Å². The van der Waals surface area contributed by atoms with Crippen molar-refractivity contribution in [3.8, 4) is 5.75 Å². The lowest BCUT2D eigenvalue weighted by atomic mass is 10.0. The van der Waals surface area contributed by atoms with Crippen molar-refractivity contribution in [2.75, 3.05) is 0 Å². The molecular weight excluding hydrogens is 322 g/mol. The smallest absolute Gasteiger partial charge is 0.124 e. The molecule has 1 aliphatic rings. The van der Waals surface area contributed by atoms with Crippen molar-refractivity contribution < 1.29 is 5.11 Å². The van der Waals surface area contributed by atoms with Crippen molar-refractivity contribution >= 4 is 34.5 Å². The molecule has 114 valence electrons. The summed E-state index contributed by atoms with van der Waals surface area (Å²) < 4.78 is 0. The van der Waals surface area contributed by atoms with Gasteiger partial charge in [-0.3, -0.25) is 4.99 Å². The zero-order chi connectivity index (χ0) is 15.6. The molecule has 0 saturated heterocycles. The monoisotopic (exact) mass is 337 g/mol. The largest absolute Gasteiger partial charge is 0.507 e. The van der Waals surface area contributed by atoms with Crippen LogP contribution in [0.1, 0.15) is 22.1 Å². The number of thioether (sulfide) groups is 1. The summed E-state index contributed by atoms with van der Waals surface area (Å²) in [5, 5.41) is 12.7. The first-order valence-corrected chi connectivity index (χ1v) is 9.22. The van der Waals surface area contributed by atoms with Crippen molar-refractivity contribution in [2.24, 2.45) is 4.99 Å². The Morgan fingerprint density at radius 2 is 1.78 bits per heavy atom. The van der Waals surface area contributed by atoms with Crippen molar-refractivity contribution in [3.63, 3.8) is 0 Å². The Labute approximate surface area is 143 Å². The number of hydrogen-bond acceptors (Lipinski definition) is 4. The summed E-state index contributed by atoms with van der Waals surface area (Å²) in [7, 11) is 0. The van der Waals surface area contributed by atoms with Crippen LogP contribution in [0.25, 0.3) is 0 Å². The molecule has 0 saturated carbocycles. The van der Waals surface area contributed by atoms with E-state index in [9.17, 15) is 5.11 Å². The first-order chi connectivity index (χ1) is 11.3. The third kappa shape index (κ3) is 2.92. The first-order valence-electron chi connectivity index (χ1n) is 7.46. The van der Waals surface area contributed by atoms with Gasteiger partial charge in [-0.25, -0.2) is 0 Å². The minimum atomic E-state index is 0.292. The molecule has 2 heterocycles. The third-order valence-electron chi connectivity index (χ3n) is 3.84. The van der Waals surface area contributed by atoms with E-state index in [1.54, 1.807) is 17.4 Å². The fourth-order valence-corrected chi connectivity index (χ4v) is 4.88. The molecule has 1 N–H and O–H groups in total. The van der Waals surface area contributed by atoms with Gasteiger partial charge in [0.05, 0.1) is 11.4 Å². The van der Waals surface area contributed by atoms with Crippen molar-refractivity contribution in [2.45, 2.75) is 16.6 Å². The lowest BCUT2D eigenvalue weighted by Gasteiger charge is -2.14. The number of benzene rings is 2. The number of rotatable bonds is 2. The van der Waals surface area contributed by atoms with E-state index in [2.05, 4.69) is 29.6 Å². The predicted octanol–water partition coefficient (Wildman–Crippen LogP) is 5.81. The topological polar surface area (TPSA) is 32.6 Å². The zero-order valence-corrected chi connectivity index (χ0v) is 14.0. The Morgan fingerprint density at radius 3 is 2.61 bits per heavy atom. The predicted molar refractivity (Wildman–Crippen MR) is 98.3 cm³/mol. The number of nitrogens with zero attached hydrogens (tertiary/aromatic N) is 1. The SMILES string of the molecule is Oc1ccccc1C1=Nc2ccccc2SC(c2cccs2)C1. The fourth-order valence-electron chi connectivity index (χ4n) is 2.73. The van der Waals surface area contributed by atoms with Crippen LogP contribution in [-0.4, -0.2) is 10.8 Å². The van der Waals surface area contributed by atoms with Crippen molar-refractivity contribution in [1.82, 2.24) is 0 Å². The highest BCUT2D eigenvalue weighted by Gasteiger charge is 2.24. The second-order valence-corrected chi connectivity index (χ2v) is 7.59. The molecule has 2 nitrogen and oxygen atoms in total. The summed E-state index contributed by atoms with van der Waals surface area (Å²) in [4.78, 5) is 7.40. The van der Waals surface area contributed by atoms with E-state index in [1.165, 1.54) is 9.77 Å². The number of aromatic hydroxyl groups is 1. The van der Waals surface area contributed by atoms with Crippen LogP contribution in [0.15, 0.2) is 75.9 Å². The van der Waals surface area contributed by atoms with E-state index in [0.717, 1.165) is 23.4 Å². The molecule has 1 atom stereocenters. The van der Waals surface area contributed by atoms with Crippen LogP contribution < -0.4 is 0 Å². The Kier molecular flexibility index (Phi) is 3.93. The summed E-state index contributed by atoms with van der Waals surface area (Å²) in [6.45, 7) is 0. The number of aliphatic imine (C=N–C) groups is 1. The summed E-state index contributed by atoms with van der Waals surface area (Å²) >= 11 is 3.63. The minimum absolute atomic E-state index is 0.292. The van der Waals surface area contributed by atoms with E-state index in [4.69, 9.17) is 4.99 Å². The number of hydrogen-bond donors (Lipinski definition) is 1. The molecule has 1 aliphatic heterocycles. The van der Waals surface area contributed by atoms with Gasteiger partial charge in [-0.05, 0) is 35.7 Å². The molecule has 0 fully saturated rings. The van der Waals surface area contributed by atoms with Gasteiger partial charge >= 0.3 is 0 Å². The lowest BCUT2D eigenvalue weighted by molar-refractivity contribution is 0.474. The van der Waals surface area contributed by atoms with Crippen LogP contribution in [0.5, 0.6) is 5.75 Å². The number of fused-ring (bicyclic) bond motifs is 1. The Hall–Kier alpha value is -2.04. The van der Waals surface area contributed by atoms with Gasteiger partial charge in [0, 0.05) is 27.0 Å². The maximum Gasteiger partial charge on any atom is 0.124 e. The van der Waals surface area contributed by atoms with Crippen LogP contribution >= 0.6 is 23.1 Å². The highest BCUT2D eigenvalue weighted by Crippen LogP contribution is 2.47. The molecule has 4 heteroatoms. The molecule has 0 spiro atoms. The van der Waals surface area contributed by atoms with Gasteiger partial charge in [-0.1, -0.05) is 30.3 Å².